The minimum atomic E-state index is 2.15. The summed E-state index contributed by atoms with van der Waals surface area (Å²) < 4.78 is 12.1. The van der Waals surface area contributed by atoms with Gasteiger partial charge in [-0.2, -0.15) is 5.04 Å². The van der Waals surface area contributed by atoms with E-state index in [1.54, 1.807) is 0 Å². The number of rotatable bonds is 1. The Balaban J connectivity index is 2.30. The summed E-state index contributed by atoms with van der Waals surface area (Å²) in [4.78, 5) is 0. The molecule has 0 aliphatic rings. The van der Waals surface area contributed by atoms with E-state index in [0.29, 0.717) is 0 Å². The summed E-state index contributed by atoms with van der Waals surface area (Å²) in [5.74, 6) is 0. The highest BCUT2D eigenvalue weighted by Crippen LogP contribution is 1.63. The SMILES string of the molecule is FON=S. The second-order valence-corrected chi connectivity index (χ2v) is 0.293. The average molecular weight is 81.1 g/mol. The van der Waals surface area contributed by atoms with Gasteiger partial charge in [0.25, 0.3) is 0 Å². The third-order valence-electron chi connectivity index (χ3n) is 0.0282. The Morgan fingerprint density at radius 3 is 2.25 bits per heavy atom. The van der Waals surface area contributed by atoms with Gasteiger partial charge in [0.15, 0.2) is 0 Å². The van der Waals surface area contributed by atoms with Crippen LogP contribution in [0, 0.1) is 0 Å². The van der Waals surface area contributed by atoms with Crippen LogP contribution >= 0.6 is 0 Å². The van der Waals surface area contributed by atoms with Gasteiger partial charge in [0.1, 0.15) is 0 Å². The van der Waals surface area contributed by atoms with E-state index < -0.39 is 0 Å². The number of hydrogen-bond donors (Lipinski definition) is 0. The molecular weight excluding hydrogens is 81.1 g/mol. The smallest absolute Gasteiger partial charge is 0.0879 e. The lowest BCUT2D eigenvalue weighted by Gasteiger charge is -1.56. The van der Waals surface area contributed by atoms with E-state index in [1.807, 2.05) is 0 Å². The Labute approximate surface area is 27.6 Å². The lowest BCUT2D eigenvalue weighted by Crippen LogP contribution is -1.42. The summed E-state index contributed by atoms with van der Waals surface area (Å²) in [7, 11) is 0. The van der Waals surface area contributed by atoms with E-state index in [1.165, 1.54) is 0 Å². The second-order valence-electron chi connectivity index (χ2n) is 0.144. The van der Waals surface area contributed by atoms with Crippen molar-refractivity contribution in [1.82, 2.24) is 0 Å². The van der Waals surface area contributed by atoms with E-state index in [9.17, 15) is 4.53 Å². The van der Waals surface area contributed by atoms with Crippen LogP contribution in [-0.2, 0) is 17.5 Å². The van der Waals surface area contributed by atoms with E-state index >= 15 is 0 Å². The van der Waals surface area contributed by atoms with Crippen LogP contribution in [0.3, 0.4) is 0 Å². The Bertz CT molecular complexity index is 22.0. The molecule has 0 heterocycles. The number of hydrogen-bond acceptors (Lipinski definition) is 3. The van der Waals surface area contributed by atoms with Gasteiger partial charge in [-0.3, -0.25) is 0 Å². The quantitative estimate of drug-likeness (QED) is 0.429. The summed E-state index contributed by atoms with van der Waals surface area (Å²) in [6.45, 7) is 0. The Morgan fingerprint density at radius 2 is 2.25 bits per heavy atom. The Morgan fingerprint density at radius 1 is 2.00 bits per heavy atom. The maximum absolute atomic E-state index is 9.95. The Kier molecular flexibility index (Phi) is 2.58. The third-order valence-corrected chi connectivity index (χ3v) is 0.0845. The third kappa shape index (κ3) is 1.75. The van der Waals surface area contributed by atoms with Crippen LogP contribution in [-0.4, -0.2) is 0 Å². The minimum Gasteiger partial charge on any atom is -0.161 e. The number of nitrogens with zero attached hydrogens (tertiary/aromatic N) is 1. The first-order valence-electron chi connectivity index (χ1n) is 0.519. The predicted molar refractivity (Wildman–Crippen MR) is 12.0 cm³/mol. The van der Waals surface area contributed by atoms with Gasteiger partial charge < -0.3 is 0 Å². The van der Waals surface area contributed by atoms with Crippen molar-refractivity contribution in [2.45, 2.75) is 0 Å². The van der Waals surface area contributed by atoms with Crippen molar-refractivity contribution < 1.29 is 9.57 Å². The zero-order chi connectivity index (χ0) is 3.41. The van der Waals surface area contributed by atoms with Gasteiger partial charge in [-0.1, -0.05) is 0 Å². The zero-order valence-corrected chi connectivity index (χ0v) is 2.46. The van der Waals surface area contributed by atoms with Crippen molar-refractivity contribution in [3.63, 3.8) is 0 Å². The molecule has 0 saturated heterocycles. The Hall–Kier alpha value is -0.250. The van der Waals surface area contributed by atoms with Crippen molar-refractivity contribution in [2.24, 2.45) is 4.53 Å². The van der Waals surface area contributed by atoms with Gasteiger partial charge >= 0.3 is 0 Å². The molecule has 0 aromatic heterocycles. The van der Waals surface area contributed by atoms with Crippen LogP contribution in [0.25, 0.3) is 0 Å². The molecule has 0 spiro atoms. The summed E-state index contributed by atoms with van der Waals surface area (Å²) in [6.07, 6.45) is 0. The molecule has 0 aliphatic heterocycles. The highest BCUT2D eigenvalue weighted by molar-refractivity contribution is 7.47. The molecule has 0 N–H and O–H groups in total. The summed E-state index contributed by atoms with van der Waals surface area (Å²) in [5, 5.41) is 2.48. The van der Waals surface area contributed by atoms with Gasteiger partial charge in [-0.15, -0.1) is 0 Å². The minimum absolute atomic E-state index is 2.15. The van der Waals surface area contributed by atoms with E-state index in [-0.39, 0.29) is 0 Å². The fourth-order valence-electron chi connectivity index (χ4n) is 0. The molecular formula is FNOS. The molecule has 0 fully saturated rings. The van der Waals surface area contributed by atoms with Crippen molar-refractivity contribution in [2.75, 3.05) is 0 Å². The summed E-state index contributed by atoms with van der Waals surface area (Å²) in [6, 6.07) is 0. The molecule has 4 heavy (non-hydrogen) atoms. The van der Waals surface area contributed by atoms with E-state index in [4.69, 9.17) is 0 Å². The highest BCUT2D eigenvalue weighted by atomic mass is 32.1. The molecule has 0 rings (SSSR count). The van der Waals surface area contributed by atoms with Crippen molar-refractivity contribution in [3.05, 3.63) is 0 Å². The first kappa shape index (κ1) is 3.75. The molecule has 0 atom stereocenters. The van der Waals surface area contributed by atoms with Gasteiger partial charge in [0.2, 0.25) is 0 Å². The molecule has 0 aromatic rings. The normalized spacial score (nSPS) is 5.25. The maximum Gasteiger partial charge on any atom is 0.0879 e. The molecule has 0 bridgehead atoms. The average Bonchev–Trinajstić information content (AvgIpc) is 1.37. The molecule has 0 saturated carbocycles. The highest BCUT2D eigenvalue weighted by Gasteiger charge is 1.47. The fourth-order valence-corrected chi connectivity index (χ4v) is 0. The van der Waals surface area contributed by atoms with E-state index in [0.717, 1.165) is 0 Å². The van der Waals surface area contributed by atoms with Crippen LogP contribution in [0.1, 0.15) is 0 Å². The molecule has 0 unspecified atom stereocenters. The lowest BCUT2D eigenvalue weighted by molar-refractivity contribution is -0.126. The van der Waals surface area contributed by atoms with Gasteiger partial charge in [-0.05, 0) is 0 Å². The maximum atomic E-state index is 9.95. The molecule has 0 amide bonds. The van der Waals surface area contributed by atoms with Crippen molar-refractivity contribution in [3.8, 4) is 0 Å². The van der Waals surface area contributed by atoms with Crippen LogP contribution in [0.15, 0.2) is 4.53 Å². The van der Waals surface area contributed by atoms with Crippen LogP contribution in [0.2, 0.25) is 0 Å². The molecule has 24 valence electrons. The topological polar surface area (TPSA) is 21.6 Å². The van der Waals surface area contributed by atoms with E-state index in [2.05, 4.69) is 22.0 Å². The van der Waals surface area contributed by atoms with Crippen LogP contribution < -0.4 is 0 Å². The summed E-state index contributed by atoms with van der Waals surface area (Å²) in [5.41, 5.74) is 0. The first-order chi connectivity index (χ1) is 1.91. The largest absolute Gasteiger partial charge is 0.161 e. The lowest BCUT2D eigenvalue weighted by atomic mass is 13.5. The zero-order valence-electron chi connectivity index (χ0n) is 1.64. The standard InChI is InChI=1S/FNOS/c1-3-2-4. The number of halogens is 1. The van der Waals surface area contributed by atoms with Gasteiger partial charge in [0, 0.05) is 9.05 Å². The molecule has 0 aliphatic carbocycles. The fraction of sp³-hybridized carbons (Fsp3) is 0. The van der Waals surface area contributed by atoms with Gasteiger partial charge in [0.05, 0.1) is 12.4 Å². The van der Waals surface area contributed by atoms with Gasteiger partial charge in [-0.25, -0.2) is 0 Å². The first-order valence-corrected chi connectivity index (χ1v) is 0.885. The van der Waals surface area contributed by atoms with Crippen LogP contribution in [0.4, 0.5) is 4.53 Å². The molecule has 4 heteroatoms. The molecule has 0 radical (unpaired) electrons. The predicted octanol–water partition coefficient (Wildman–Crippen LogP) is 0.533. The molecule has 2 nitrogen and oxygen atoms in total. The second kappa shape index (κ2) is 2.75. The molecule has 0 aromatic carbocycles. The van der Waals surface area contributed by atoms with Crippen LogP contribution in [0.5, 0.6) is 0 Å². The monoisotopic (exact) mass is 81.0 g/mol. The summed E-state index contributed by atoms with van der Waals surface area (Å²) >= 11 is 3.58. The van der Waals surface area contributed by atoms with Crippen molar-refractivity contribution in [1.29, 1.82) is 0 Å². The van der Waals surface area contributed by atoms with Crippen molar-refractivity contribution >= 4 is 12.4 Å².